The normalized spacial score (nSPS) is 15.3. The number of nitro groups is 1. The Bertz CT molecular complexity index is 563. The molecule has 0 bridgehead atoms. The number of aromatic nitrogens is 2. The summed E-state index contributed by atoms with van der Waals surface area (Å²) in [5.41, 5.74) is 0.250. The fourth-order valence-electron chi connectivity index (χ4n) is 2.05. The second kappa shape index (κ2) is 7.06. The molecule has 0 radical (unpaired) electrons. The second-order valence-corrected chi connectivity index (χ2v) is 12.2. The lowest BCUT2D eigenvalue weighted by molar-refractivity contribution is -0.385. The van der Waals surface area contributed by atoms with Gasteiger partial charge in [0.2, 0.25) is 5.69 Å². The molecule has 0 aliphatic carbocycles. The van der Waals surface area contributed by atoms with Crippen LogP contribution >= 0.6 is 0 Å². The fourth-order valence-corrected chi connectivity index (χ4v) is 2.80. The van der Waals surface area contributed by atoms with E-state index in [0.29, 0.717) is 24.7 Å². The molecule has 1 aromatic heterocycles. The van der Waals surface area contributed by atoms with Crippen molar-refractivity contribution in [3.63, 3.8) is 0 Å². The summed E-state index contributed by atoms with van der Waals surface area (Å²) in [5.74, 6) is 0.499. The second-order valence-electron chi connectivity index (χ2n) is 6.57. The first-order valence-electron chi connectivity index (χ1n) is 7.50. The summed E-state index contributed by atoms with van der Waals surface area (Å²) in [6.45, 7) is 8.28. The first-order valence-corrected chi connectivity index (χ1v) is 11.2. The minimum atomic E-state index is -1.14. The quantitative estimate of drug-likeness (QED) is 0.333. The molecule has 8 heteroatoms. The molecular formula is C14H23N3O4Si. The molecule has 2 heterocycles. The number of rotatable bonds is 7. The van der Waals surface area contributed by atoms with Crippen molar-refractivity contribution in [2.75, 3.05) is 13.2 Å². The van der Waals surface area contributed by atoms with Gasteiger partial charge in [-0.3, -0.25) is 10.1 Å². The van der Waals surface area contributed by atoms with Gasteiger partial charge in [-0.05, 0) is 25.0 Å². The molecule has 1 aliphatic heterocycles. The zero-order valence-corrected chi connectivity index (χ0v) is 14.4. The zero-order valence-electron chi connectivity index (χ0n) is 13.4. The minimum Gasteiger partial charge on any atom is -0.491 e. The number of nitrogens with zero attached hydrogens (tertiary/aromatic N) is 3. The van der Waals surface area contributed by atoms with E-state index >= 15 is 0 Å². The molecule has 1 aromatic rings. The van der Waals surface area contributed by atoms with Gasteiger partial charge in [-0.1, -0.05) is 19.6 Å². The van der Waals surface area contributed by atoms with Crippen LogP contribution in [0.1, 0.15) is 18.5 Å². The summed E-state index contributed by atoms with van der Waals surface area (Å²) >= 11 is 0. The lowest BCUT2D eigenvalue weighted by Gasteiger charge is -2.15. The van der Waals surface area contributed by atoms with Crippen LogP contribution in [-0.2, 0) is 16.2 Å². The number of hydrogen-bond acceptors (Lipinski definition) is 5. The first kappa shape index (κ1) is 16.7. The molecule has 1 aliphatic rings. The van der Waals surface area contributed by atoms with Crippen LogP contribution in [0.4, 0.5) is 5.69 Å². The highest BCUT2D eigenvalue weighted by Gasteiger charge is 2.25. The SMILES string of the molecule is C[Si](C)(C)CCOCn1cc([N+](=O)[O-])c(C2=CCCCO2)n1. The molecule has 0 atom stereocenters. The van der Waals surface area contributed by atoms with Gasteiger partial charge in [0.05, 0.1) is 11.5 Å². The number of ether oxygens (including phenoxy) is 2. The fraction of sp³-hybridized carbons (Fsp3) is 0.643. The molecule has 0 aromatic carbocycles. The van der Waals surface area contributed by atoms with Crippen LogP contribution in [0, 0.1) is 10.1 Å². The van der Waals surface area contributed by atoms with Crippen molar-refractivity contribution in [1.82, 2.24) is 9.78 Å². The Balaban J connectivity index is 2.04. The zero-order chi connectivity index (χ0) is 16.2. The summed E-state index contributed by atoms with van der Waals surface area (Å²) < 4.78 is 12.5. The smallest absolute Gasteiger partial charge is 0.318 e. The van der Waals surface area contributed by atoms with Crippen LogP contribution in [0.2, 0.25) is 25.7 Å². The van der Waals surface area contributed by atoms with Gasteiger partial charge < -0.3 is 9.47 Å². The maximum Gasteiger partial charge on any atom is 0.318 e. The van der Waals surface area contributed by atoms with Crippen molar-refractivity contribution in [2.24, 2.45) is 0 Å². The number of allylic oxidation sites excluding steroid dienone is 1. The van der Waals surface area contributed by atoms with Crippen LogP contribution in [0.25, 0.3) is 5.76 Å². The highest BCUT2D eigenvalue weighted by molar-refractivity contribution is 6.76. The molecule has 7 nitrogen and oxygen atoms in total. The van der Waals surface area contributed by atoms with Crippen molar-refractivity contribution in [3.05, 3.63) is 28.1 Å². The average molecular weight is 325 g/mol. The molecule has 0 saturated carbocycles. The van der Waals surface area contributed by atoms with E-state index in [1.165, 1.54) is 10.9 Å². The molecule has 0 fully saturated rings. The average Bonchev–Trinajstić information content (AvgIpc) is 2.88. The van der Waals surface area contributed by atoms with E-state index in [2.05, 4.69) is 24.7 Å². The third kappa shape index (κ3) is 4.67. The van der Waals surface area contributed by atoms with Crippen molar-refractivity contribution in [1.29, 1.82) is 0 Å². The van der Waals surface area contributed by atoms with Gasteiger partial charge in [-0.2, -0.15) is 5.10 Å². The van der Waals surface area contributed by atoms with E-state index < -0.39 is 13.0 Å². The summed E-state index contributed by atoms with van der Waals surface area (Å²) in [6, 6.07) is 1.05. The topological polar surface area (TPSA) is 79.4 Å². The third-order valence-electron chi connectivity index (χ3n) is 3.33. The predicted molar refractivity (Wildman–Crippen MR) is 86.1 cm³/mol. The van der Waals surface area contributed by atoms with E-state index in [4.69, 9.17) is 9.47 Å². The van der Waals surface area contributed by atoms with E-state index in [1.807, 2.05) is 6.08 Å². The molecule has 0 spiro atoms. The molecule has 0 N–H and O–H groups in total. The van der Waals surface area contributed by atoms with Gasteiger partial charge in [0.25, 0.3) is 0 Å². The van der Waals surface area contributed by atoms with E-state index in [0.717, 1.165) is 18.9 Å². The van der Waals surface area contributed by atoms with E-state index in [1.54, 1.807) is 0 Å². The Hall–Kier alpha value is -1.67. The number of hydrogen-bond donors (Lipinski definition) is 0. The summed E-state index contributed by atoms with van der Waals surface area (Å²) in [4.78, 5) is 10.7. The van der Waals surface area contributed by atoms with Gasteiger partial charge in [0.15, 0.2) is 0 Å². The van der Waals surface area contributed by atoms with Crippen LogP contribution < -0.4 is 0 Å². The maximum atomic E-state index is 11.2. The Morgan fingerprint density at radius 3 is 2.86 bits per heavy atom. The molecule has 2 rings (SSSR count). The van der Waals surface area contributed by atoms with Gasteiger partial charge >= 0.3 is 5.69 Å². The molecule has 122 valence electrons. The summed E-state index contributed by atoms with van der Waals surface area (Å²) in [6.07, 6.45) is 5.04. The van der Waals surface area contributed by atoms with Gasteiger partial charge in [-0.15, -0.1) is 0 Å². The van der Waals surface area contributed by atoms with Gasteiger partial charge in [0, 0.05) is 14.7 Å². The van der Waals surface area contributed by atoms with Crippen molar-refractivity contribution in [2.45, 2.75) is 45.3 Å². The third-order valence-corrected chi connectivity index (χ3v) is 5.03. The Labute approximate surface area is 131 Å². The summed E-state index contributed by atoms with van der Waals surface area (Å²) in [5, 5.41) is 15.4. The maximum absolute atomic E-state index is 11.2. The van der Waals surface area contributed by atoms with Crippen molar-refractivity contribution >= 4 is 19.5 Å². The Kier molecular flexibility index (Phi) is 5.36. The highest BCUT2D eigenvalue weighted by Crippen LogP contribution is 2.28. The first-order chi connectivity index (χ1) is 10.4. The van der Waals surface area contributed by atoms with Crippen LogP contribution in [0.3, 0.4) is 0 Å². The minimum absolute atomic E-state index is 0.0399. The van der Waals surface area contributed by atoms with Crippen LogP contribution in [-0.4, -0.2) is 36.0 Å². The highest BCUT2D eigenvalue weighted by atomic mass is 28.3. The largest absolute Gasteiger partial charge is 0.491 e. The van der Waals surface area contributed by atoms with E-state index in [-0.39, 0.29) is 12.4 Å². The predicted octanol–water partition coefficient (Wildman–Crippen LogP) is 3.25. The van der Waals surface area contributed by atoms with Gasteiger partial charge in [-0.25, -0.2) is 4.68 Å². The van der Waals surface area contributed by atoms with Crippen LogP contribution in [0.15, 0.2) is 12.3 Å². The Morgan fingerprint density at radius 2 is 2.27 bits per heavy atom. The van der Waals surface area contributed by atoms with E-state index in [9.17, 15) is 10.1 Å². The Morgan fingerprint density at radius 1 is 1.50 bits per heavy atom. The van der Waals surface area contributed by atoms with Crippen molar-refractivity contribution in [3.8, 4) is 0 Å². The standard InChI is InChI=1S/C14H23N3O4Si/c1-22(2,3)9-8-20-11-16-10-12(17(18)19)14(15-16)13-6-4-5-7-21-13/h6,10H,4-5,7-9,11H2,1-3H3. The molecule has 0 amide bonds. The molecule has 22 heavy (non-hydrogen) atoms. The lowest BCUT2D eigenvalue weighted by atomic mass is 10.2. The molecular weight excluding hydrogens is 302 g/mol. The monoisotopic (exact) mass is 325 g/mol. The van der Waals surface area contributed by atoms with Gasteiger partial charge in [0.1, 0.15) is 18.7 Å². The van der Waals surface area contributed by atoms with Crippen molar-refractivity contribution < 1.29 is 14.4 Å². The lowest BCUT2D eigenvalue weighted by Crippen LogP contribution is -2.22. The molecule has 0 saturated heterocycles. The summed E-state index contributed by atoms with van der Waals surface area (Å²) in [7, 11) is -1.14. The van der Waals surface area contributed by atoms with Crippen LogP contribution in [0.5, 0.6) is 0 Å². The molecule has 0 unspecified atom stereocenters.